The van der Waals surface area contributed by atoms with Crippen molar-refractivity contribution in [2.24, 2.45) is 11.1 Å². The molecule has 3 N–H and O–H groups in total. The Kier molecular flexibility index (Phi) is 6.12. The van der Waals surface area contributed by atoms with Gasteiger partial charge < -0.3 is 5.32 Å². The molecule has 0 saturated heterocycles. The number of halogens is 2. The highest BCUT2D eigenvalue weighted by Crippen LogP contribution is 2.24. The molecule has 1 amide bonds. The van der Waals surface area contributed by atoms with Crippen LogP contribution in [0.1, 0.15) is 37.0 Å². The Balaban J connectivity index is 2.91. The lowest BCUT2D eigenvalue weighted by atomic mass is 10.1. The van der Waals surface area contributed by atoms with E-state index < -0.39 is 31.7 Å². The highest BCUT2D eigenvalue weighted by Gasteiger charge is 2.19. The molecule has 8 heteroatoms. The standard InChI is InChI=1S/C13H18ClFN2O3S/c1-8(2)4-3-5-17-13(18)10-6-9(21(16,19)20)7-11(15)12(10)14/h6-8H,3-5H2,1-2H3,(H,17,18)(H2,16,19,20). The normalized spacial score (nSPS) is 11.7. The zero-order chi connectivity index (χ0) is 16.2. The Morgan fingerprint density at radius 2 is 2.05 bits per heavy atom. The second-order valence-electron chi connectivity index (χ2n) is 5.10. The molecule has 5 nitrogen and oxygen atoms in total. The molecule has 0 aliphatic carbocycles. The van der Waals surface area contributed by atoms with Gasteiger partial charge in [0.05, 0.1) is 15.5 Å². The van der Waals surface area contributed by atoms with Gasteiger partial charge in [-0.05, 0) is 30.9 Å². The molecular formula is C13H18ClFN2O3S. The van der Waals surface area contributed by atoms with Crippen LogP contribution < -0.4 is 10.5 Å². The largest absolute Gasteiger partial charge is 0.352 e. The number of hydrogen-bond donors (Lipinski definition) is 2. The van der Waals surface area contributed by atoms with E-state index in [9.17, 15) is 17.6 Å². The van der Waals surface area contributed by atoms with E-state index in [2.05, 4.69) is 19.2 Å². The van der Waals surface area contributed by atoms with Crippen LogP contribution in [-0.2, 0) is 10.0 Å². The minimum absolute atomic E-state index is 0.245. The fraction of sp³-hybridized carbons (Fsp3) is 0.462. The molecule has 0 bridgehead atoms. The fourth-order valence-electron chi connectivity index (χ4n) is 1.70. The van der Waals surface area contributed by atoms with Gasteiger partial charge in [-0.3, -0.25) is 4.79 Å². The minimum Gasteiger partial charge on any atom is -0.352 e. The first-order valence-corrected chi connectivity index (χ1v) is 8.35. The summed E-state index contributed by atoms with van der Waals surface area (Å²) in [6.45, 7) is 4.52. The molecule has 0 heterocycles. The van der Waals surface area contributed by atoms with E-state index in [4.69, 9.17) is 16.7 Å². The Morgan fingerprint density at radius 3 is 2.57 bits per heavy atom. The van der Waals surface area contributed by atoms with Crippen LogP contribution in [0.2, 0.25) is 5.02 Å². The van der Waals surface area contributed by atoms with Gasteiger partial charge >= 0.3 is 0 Å². The van der Waals surface area contributed by atoms with Gasteiger partial charge in [0.15, 0.2) is 0 Å². The number of amides is 1. The van der Waals surface area contributed by atoms with Gasteiger partial charge in [0, 0.05) is 6.54 Å². The summed E-state index contributed by atoms with van der Waals surface area (Å²) < 4.78 is 36.1. The lowest BCUT2D eigenvalue weighted by molar-refractivity contribution is 0.0952. The third kappa shape index (κ3) is 5.26. The number of rotatable bonds is 6. The van der Waals surface area contributed by atoms with E-state index >= 15 is 0 Å². The first-order valence-electron chi connectivity index (χ1n) is 6.43. The van der Waals surface area contributed by atoms with Crippen LogP contribution in [0, 0.1) is 11.7 Å². The van der Waals surface area contributed by atoms with Crippen molar-refractivity contribution in [1.29, 1.82) is 0 Å². The van der Waals surface area contributed by atoms with Gasteiger partial charge in [-0.25, -0.2) is 17.9 Å². The molecule has 0 saturated carbocycles. The van der Waals surface area contributed by atoms with Crippen LogP contribution >= 0.6 is 11.6 Å². The molecule has 118 valence electrons. The van der Waals surface area contributed by atoms with Gasteiger partial charge in [-0.15, -0.1) is 0 Å². The summed E-state index contributed by atoms with van der Waals surface area (Å²) in [5.74, 6) is -1.13. The third-order valence-electron chi connectivity index (χ3n) is 2.82. The number of carbonyl (C=O) groups is 1. The number of nitrogens with two attached hydrogens (primary N) is 1. The number of sulfonamides is 1. The molecule has 1 aromatic carbocycles. The second kappa shape index (κ2) is 7.20. The highest BCUT2D eigenvalue weighted by atomic mass is 35.5. The third-order valence-corrected chi connectivity index (χ3v) is 4.10. The van der Waals surface area contributed by atoms with Crippen LogP contribution in [-0.4, -0.2) is 20.9 Å². The number of carbonyl (C=O) groups excluding carboxylic acids is 1. The fourth-order valence-corrected chi connectivity index (χ4v) is 2.45. The van der Waals surface area contributed by atoms with E-state index in [-0.39, 0.29) is 5.56 Å². The van der Waals surface area contributed by atoms with Crippen molar-refractivity contribution in [3.05, 3.63) is 28.5 Å². The maximum Gasteiger partial charge on any atom is 0.252 e. The molecule has 0 aromatic heterocycles. The van der Waals surface area contributed by atoms with Gasteiger partial charge in [0.1, 0.15) is 5.82 Å². The van der Waals surface area contributed by atoms with Gasteiger partial charge in [0.2, 0.25) is 10.0 Å². The summed E-state index contributed by atoms with van der Waals surface area (Å²) >= 11 is 5.70. The number of benzene rings is 1. The lowest BCUT2D eigenvalue weighted by Crippen LogP contribution is -2.26. The summed E-state index contributed by atoms with van der Waals surface area (Å²) in [5, 5.41) is 7.08. The summed E-state index contributed by atoms with van der Waals surface area (Å²) in [4.78, 5) is 11.5. The number of nitrogens with one attached hydrogen (secondary N) is 1. The predicted molar refractivity (Wildman–Crippen MR) is 79.2 cm³/mol. The lowest BCUT2D eigenvalue weighted by Gasteiger charge is -2.10. The topological polar surface area (TPSA) is 89.3 Å². The summed E-state index contributed by atoms with van der Waals surface area (Å²) in [7, 11) is -4.11. The smallest absolute Gasteiger partial charge is 0.252 e. The SMILES string of the molecule is CC(C)CCCNC(=O)c1cc(S(N)(=O)=O)cc(F)c1Cl. The average molecular weight is 337 g/mol. The van der Waals surface area contributed by atoms with E-state index in [0.29, 0.717) is 18.5 Å². The van der Waals surface area contributed by atoms with E-state index in [1.54, 1.807) is 0 Å². The summed E-state index contributed by atoms with van der Waals surface area (Å²) in [6.07, 6.45) is 1.69. The molecule has 0 spiro atoms. The minimum atomic E-state index is -4.11. The number of primary sulfonamides is 1. The second-order valence-corrected chi connectivity index (χ2v) is 7.04. The monoisotopic (exact) mass is 336 g/mol. The van der Waals surface area contributed by atoms with Crippen molar-refractivity contribution in [1.82, 2.24) is 5.32 Å². The van der Waals surface area contributed by atoms with Crippen molar-refractivity contribution in [3.63, 3.8) is 0 Å². The number of hydrogen-bond acceptors (Lipinski definition) is 3. The van der Waals surface area contributed by atoms with E-state index in [0.717, 1.165) is 18.9 Å². The van der Waals surface area contributed by atoms with Gasteiger partial charge in [-0.2, -0.15) is 0 Å². The molecule has 1 rings (SSSR count). The first-order chi connectivity index (χ1) is 9.62. The van der Waals surface area contributed by atoms with Gasteiger partial charge in [-0.1, -0.05) is 25.4 Å². The summed E-state index contributed by atoms with van der Waals surface area (Å²) in [6, 6.07) is 1.66. The molecule has 0 fully saturated rings. The van der Waals surface area contributed by atoms with E-state index in [1.807, 2.05) is 0 Å². The van der Waals surface area contributed by atoms with E-state index in [1.165, 1.54) is 0 Å². The zero-order valence-corrected chi connectivity index (χ0v) is 13.4. The van der Waals surface area contributed by atoms with Crippen LogP contribution in [0.25, 0.3) is 0 Å². The average Bonchev–Trinajstić information content (AvgIpc) is 2.35. The van der Waals surface area contributed by atoms with Crippen molar-refractivity contribution >= 4 is 27.5 Å². The maximum absolute atomic E-state index is 13.6. The quantitative estimate of drug-likeness (QED) is 0.781. The van der Waals surface area contributed by atoms with Crippen LogP contribution in [0.3, 0.4) is 0 Å². The molecule has 0 unspecified atom stereocenters. The predicted octanol–water partition coefficient (Wildman–Crippen LogP) is 2.29. The van der Waals surface area contributed by atoms with Gasteiger partial charge in [0.25, 0.3) is 5.91 Å². The maximum atomic E-state index is 13.6. The molecule has 0 radical (unpaired) electrons. The van der Waals surface area contributed by atoms with Crippen LogP contribution in [0.15, 0.2) is 17.0 Å². The molecule has 0 aliphatic heterocycles. The molecule has 0 atom stereocenters. The summed E-state index contributed by atoms with van der Waals surface area (Å²) in [5.41, 5.74) is -0.245. The Bertz CT molecular complexity index is 633. The molecule has 0 aliphatic rings. The Hall–Kier alpha value is -1.18. The first kappa shape index (κ1) is 17.9. The van der Waals surface area contributed by atoms with Crippen molar-refractivity contribution < 1.29 is 17.6 Å². The van der Waals surface area contributed by atoms with Crippen LogP contribution in [0.4, 0.5) is 4.39 Å². The zero-order valence-electron chi connectivity index (χ0n) is 11.8. The Labute approximate surface area is 128 Å². The molecule has 21 heavy (non-hydrogen) atoms. The Morgan fingerprint density at radius 1 is 1.43 bits per heavy atom. The van der Waals surface area contributed by atoms with Crippen molar-refractivity contribution in [2.75, 3.05) is 6.54 Å². The highest BCUT2D eigenvalue weighted by molar-refractivity contribution is 7.89. The van der Waals surface area contributed by atoms with Crippen molar-refractivity contribution in [2.45, 2.75) is 31.6 Å². The van der Waals surface area contributed by atoms with Crippen molar-refractivity contribution in [3.8, 4) is 0 Å². The molecule has 1 aromatic rings. The van der Waals surface area contributed by atoms with Crippen LogP contribution in [0.5, 0.6) is 0 Å². The molecular weight excluding hydrogens is 319 g/mol.